The topological polar surface area (TPSA) is 18.5 Å². The van der Waals surface area contributed by atoms with Crippen molar-refractivity contribution in [3.8, 4) is 0 Å². The maximum atomic E-state index is 6.40. The van der Waals surface area contributed by atoms with Crippen LogP contribution in [-0.2, 0) is 9.47 Å². The van der Waals surface area contributed by atoms with Gasteiger partial charge in [-0.3, -0.25) is 0 Å². The summed E-state index contributed by atoms with van der Waals surface area (Å²) in [5, 5.41) is 2.54. The van der Waals surface area contributed by atoms with Crippen LogP contribution in [0.2, 0.25) is 0 Å². The molecule has 3 aromatic carbocycles. The Hall–Kier alpha value is -3.20. The van der Waals surface area contributed by atoms with E-state index in [9.17, 15) is 0 Å². The van der Waals surface area contributed by atoms with E-state index in [4.69, 9.17) is 9.47 Å². The minimum atomic E-state index is 0.0233. The molecule has 4 heterocycles. The van der Waals surface area contributed by atoms with E-state index in [0.717, 1.165) is 0 Å². The van der Waals surface area contributed by atoms with Crippen molar-refractivity contribution in [2.24, 2.45) is 0 Å². The van der Waals surface area contributed by atoms with E-state index in [0.29, 0.717) is 0 Å². The quantitative estimate of drug-likeness (QED) is 0.465. The lowest BCUT2D eigenvalue weighted by atomic mass is 9.75. The Morgan fingerprint density at radius 3 is 1.23 bits per heavy atom. The SMILES string of the molecule is C1=CC2OC1C1=C2c2cc3ccccc3cc2C2=C(c3ccccc31)C1C=CC2O1. The molecular weight excluding hydrogens is 368 g/mol. The first kappa shape index (κ1) is 15.6. The summed E-state index contributed by atoms with van der Waals surface area (Å²) in [5.74, 6) is 0. The molecule has 4 bridgehead atoms. The normalized spacial score (nSPS) is 29.2. The van der Waals surface area contributed by atoms with Gasteiger partial charge in [0.25, 0.3) is 0 Å². The molecule has 5 aliphatic rings. The number of rotatable bonds is 0. The van der Waals surface area contributed by atoms with Crippen LogP contribution in [0.4, 0.5) is 0 Å². The second-order valence-electron chi connectivity index (χ2n) is 8.67. The molecule has 0 N–H and O–H groups in total. The third-order valence-corrected chi connectivity index (χ3v) is 7.20. The van der Waals surface area contributed by atoms with E-state index < -0.39 is 0 Å². The number of ether oxygens (including phenoxy) is 2. The fraction of sp³-hybridized carbons (Fsp3) is 0.143. The van der Waals surface area contributed by atoms with Crippen molar-refractivity contribution >= 4 is 33.1 Å². The minimum absolute atomic E-state index is 0.0233. The Bertz CT molecular complexity index is 1310. The number of benzene rings is 3. The van der Waals surface area contributed by atoms with Gasteiger partial charge in [0.2, 0.25) is 0 Å². The van der Waals surface area contributed by atoms with Crippen LogP contribution in [0.1, 0.15) is 22.3 Å². The molecule has 142 valence electrons. The zero-order valence-electron chi connectivity index (χ0n) is 16.2. The lowest BCUT2D eigenvalue weighted by Crippen LogP contribution is -2.13. The summed E-state index contributed by atoms with van der Waals surface area (Å²) in [4.78, 5) is 0. The summed E-state index contributed by atoms with van der Waals surface area (Å²) in [7, 11) is 0. The molecule has 1 aliphatic carbocycles. The van der Waals surface area contributed by atoms with Crippen LogP contribution in [0.3, 0.4) is 0 Å². The molecule has 0 amide bonds. The Morgan fingerprint density at radius 2 is 0.800 bits per heavy atom. The summed E-state index contributed by atoms with van der Waals surface area (Å²) in [6, 6.07) is 22.2. The molecule has 2 nitrogen and oxygen atoms in total. The third-order valence-electron chi connectivity index (χ3n) is 7.20. The van der Waals surface area contributed by atoms with Gasteiger partial charge in [-0.05, 0) is 67.5 Å². The monoisotopic (exact) mass is 386 g/mol. The molecule has 0 fully saturated rings. The van der Waals surface area contributed by atoms with Crippen molar-refractivity contribution in [1.82, 2.24) is 0 Å². The lowest BCUT2D eigenvalue weighted by molar-refractivity contribution is 0.142. The fourth-order valence-electron chi connectivity index (χ4n) is 6.00. The van der Waals surface area contributed by atoms with Crippen molar-refractivity contribution in [3.05, 3.63) is 107 Å². The molecule has 30 heavy (non-hydrogen) atoms. The standard InChI is InChI=1S/C28H18O2/c1-2-6-16-14-20-19(13-15(16)5-1)27-23-11-9-21(29-23)25(27)17-7-3-4-8-18(17)26-22-10-12-24(30-22)28(20)26/h1-14,21-24H. The largest absolute Gasteiger partial charge is 0.357 e. The van der Waals surface area contributed by atoms with E-state index in [-0.39, 0.29) is 24.4 Å². The van der Waals surface area contributed by atoms with Crippen molar-refractivity contribution in [1.29, 1.82) is 0 Å². The summed E-state index contributed by atoms with van der Waals surface area (Å²) in [6.45, 7) is 0. The summed E-state index contributed by atoms with van der Waals surface area (Å²) >= 11 is 0. The molecule has 0 spiro atoms. The van der Waals surface area contributed by atoms with Crippen molar-refractivity contribution < 1.29 is 9.47 Å². The highest BCUT2D eigenvalue weighted by Crippen LogP contribution is 2.55. The van der Waals surface area contributed by atoms with Gasteiger partial charge in [0.05, 0.1) is 0 Å². The zero-order chi connectivity index (χ0) is 19.4. The van der Waals surface area contributed by atoms with Gasteiger partial charge in [0.15, 0.2) is 0 Å². The van der Waals surface area contributed by atoms with Crippen LogP contribution >= 0.6 is 0 Å². The average Bonchev–Trinajstić information content (AvgIpc) is 3.57. The second kappa shape index (κ2) is 5.28. The predicted octanol–water partition coefficient (Wildman–Crippen LogP) is 5.65. The van der Waals surface area contributed by atoms with E-state index in [1.165, 1.54) is 55.3 Å². The number of fused-ring (bicyclic) bond motifs is 15. The van der Waals surface area contributed by atoms with Crippen LogP contribution in [0, 0.1) is 0 Å². The van der Waals surface area contributed by atoms with Gasteiger partial charge in [-0.25, -0.2) is 0 Å². The van der Waals surface area contributed by atoms with Gasteiger partial charge in [0, 0.05) is 0 Å². The first-order valence-electron chi connectivity index (χ1n) is 10.7. The Labute approximate surface area is 174 Å². The van der Waals surface area contributed by atoms with Crippen molar-refractivity contribution in [3.63, 3.8) is 0 Å². The maximum Gasteiger partial charge on any atom is 0.103 e. The summed E-state index contributed by atoms with van der Waals surface area (Å²) in [5.41, 5.74) is 10.5. The highest BCUT2D eigenvalue weighted by molar-refractivity contribution is 6.12. The molecule has 0 radical (unpaired) electrons. The molecule has 2 heteroatoms. The predicted molar refractivity (Wildman–Crippen MR) is 120 cm³/mol. The van der Waals surface area contributed by atoms with Gasteiger partial charge in [-0.1, -0.05) is 72.8 Å². The smallest absolute Gasteiger partial charge is 0.103 e. The third kappa shape index (κ3) is 1.78. The minimum Gasteiger partial charge on any atom is -0.357 e. The zero-order valence-corrected chi connectivity index (χ0v) is 16.2. The highest BCUT2D eigenvalue weighted by Gasteiger charge is 2.45. The summed E-state index contributed by atoms with van der Waals surface area (Å²) < 4.78 is 12.8. The summed E-state index contributed by atoms with van der Waals surface area (Å²) in [6.07, 6.45) is 8.98. The van der Waals surface area contributed by atoms with Crippen LogP contribution in [-0.4, -0.2) is 24.4 Å². The first-order chi connectivity index (χ1) is 14.9. The Balaban J connectivity index is 1.56. The van der Waals surface area contributed by atoms with E-state index >= 15 is 0 Å². The average molecular weight is 386 g/mol. The second-order valence-corrected chi connectivity index (χ2v) is 8.67. The van der Waals surface area contributed by atoms with Crippen LogP contribution in [0.5, 0.6) is 0 Å². The number of hydrogen-bond donors (Lipinski definition) is 0. The van der Waals surface area contributed by atoms with Crippen molar-refractivity contribution in [2.75, 3.05) is 0 Å². The van der Waals surface area contributed by atoms with E-state index in [2.05, 4.69) is 85.0 Å². The molecular formula is C28H18O2. The Morgan fingerprint density at radius 1 is 0.433 bits per heavy atom. The van der Waals surface area contributed by atoms with E-state index in [1.807, 2.05) is 0 Å². The Kier molecular flexibility index (Phi) is 2.75. The van der Waals surface area contributed by atoms with Crippen molar-refractivity contribution in [2.45, 2.75) is 24.4 Å². The molecule has 3 aromatic rings. The molecule has 0 saturated carbocycles. The van der Waals surface area contributed by atoms with Crippen LogP contribution in [0.15, 0.2) is 85.0 Å². The van der Waals surface area contributed by atoms with E-state index in [1.54, 1.807) is 0 Å². The van der Waals surface area contributed by atoms with Gasteiger partial charge in [-0.15, -0.1) is 0 Å². The molecule has 0 aromatic heterocycles. The van der Waals surface area contributed by atoms with Gasteiger partial charge >= 0.3 is 0 Å². The fourth-order valence-corrected chi connectivity index (χ4v) is 6.00. The maximum absolute atomic E-state index is 6.40. The molecule has 0 saturated heterocycles. The van der Waals surface area contributed by atoms with Gasteiger partial charge in [-0.2, -0.15) is 0 Å². The molecule has 4 unspecified atom stereocenters. The van der Waals surface area contributed by atoms with Gasteiger partial charge < -0.3 is 9.47 Å². The van der Waals surface area contributed by atoms with Crippen LogP contribution < -0.4 is 0 Å². The molecule has 8 rings (SSSR count). The van der Waals surface area contributed by atoms with Crippen LogP contribution in [0.25, 0.3) is 33.1 Å². The molecule has 4 aliphatic heterocycles. The number of hydrogen-bond acceptors (Lipinski definition) is 2. The highest BCUT2D eigenvalue weighted by atomic mass is 16.5. The van der Waals surface area contributed by atoms with Gasteiger partial charge in [0.1, 0.15) is 24.4 Å². The molecule has 4 atom stereocenters. The lowest BCUT2D eigenvalue weighted by Gasteiger charge is -2.26. The first-order valence-corrected chi connectivity index (χ1v) is 10.7.